The first-order valence-corrected chi connectivity index (χ1v) is 5.28. The van der Waals surface area contributed by atoms with Gasteiger partial charge in [0.15, 0.2) is 0 Å². The van der Waals surface area contributed by atoms with E-state index in [0.717, 1.165) is 9.54 Å². The zero-order valence-electron chi connectivity index (χ0n) is 7.40. The van der Waals surface area contributed by atoms with Crippen LogP contribution in [0.15, 0.2) is 24.9 Å². The van der Waals surface area contributed by atoms with Crippen LogP contribution in [0, 0.1) is 6.92 Å². The lowest BCUT2D eigenvalue weighted by atomic mass is 10.2. The largest absolute Gasteiger partial charge is 0.302 e. The standard InChI is InChI=1S/C8H12N2O2S/c1-3-4-8-5-6-10(7(8)2)13(9,11)12/h3,5-6H,1,4H2,2H3,(H2,9,11,12). The third kappa shape index (κ3) is 1.99. The Morgan fingerprint density at radius 3 is 2.69 bits per heavy atom. The van der Waals surface area contributed by atoms with Crippen molar-refractivity contribution < 1.29 is 8.42 Å². The number of hydrogen-bond acceptors (Lipinski definition) is 2. The van der Waals surface area contributed by atoms with Gasteiger partial charge in [0.05, 0.1) is 0 Å². The van der Waals surface area contributed by atoms with Crippen molar-refractivity contribution in [2.45, 2.75) is 13.3 Å². The van der Waals surface area contributed by atoms with Crippen molar-refractivity contribution in [1.29, 1.82) is 0 Å². The quantitative estimate of drug-likeness (QED) is 0.725. The number of nitrogens with zero attached hydrogens (tertiary/aromatic N) is 1. The van der Waals surface area contributed by atoms with Crippen LogP contribution in [-0.4, -0.2) is 12.4 Å². The van der Waals surface area contributed by atoms with Crippen molar-refractivity contribution in [3.05, 3.63) is 36.2 Å². The van der Waals surface area contributed by atoms with Gasteiger partial charge in [0.25, 0.3) is 0 Å². The maximum Gasteiger partial charge on any atom is 0.302 e. The van der Waals surface area contributed by atoms with Crippen LogP contribution in [0.2, 0.25) is 0 Å². The lowest BCUT2D eigenvalue weighted by Gasteiger charge is -2.02. The third-order valence-electron chi connectivity index (χ3n) is 1.84. The lowest BCUT2D eigenvalue weighted by molar-refractivity contribution is 0.588. The molecule has 0 aromatic carbocycles. The summed E-state index contributed by atoms with van der Waals surface area (Å²) < 4.78 is 23.0. The van der Waals surface area contributed by atoms with Crippen LogP contribution in [-0.2, 0) is 16.6 Å². The van der Waals surface area contributed by atoms with Gasteiger partial charge in [-0.3, -0.25) is 0 Å². The fourth-order valence-corrected chi connectivity index (χ4v) is 1.91. The predicted octanol–water partition coefficient (Wildman–Crippen LogP) is 0.577. The van der Waals surface area contributed by atoms with Crippen LogP contribution in [0.5, 0.6) is 0 Å². The first-order valence-electron chi connectivity index (χ1n) is 3.78. The predicted molar refractivity (Wildman–Crippen MR) is 51.6 cm³/mol. The molecule has 0 unspecified atom stereocenters. The van der Waals surface area contributed by atoms with Gasteiger partial charge in [-0.25, -0.2) is 9.11 Å². The smallest absolute Gasteiger partial charge is 0.238 e. The molecule has 13 heavy (non-hydrogen) atoms. The van der Waals surface area contributed by atoms with Gasteiger partial charge in [0.1, 0.15) is 0 Å². The van der Waals surface area contributed by atoms with E-state index >= 15 is 0 Å². The van der Waals surface area contributed by atoms with Gasteiger partial charge >= 0.3 is 10.2 Å². The Morgan fingerprint density at radius 2 is 2.31 bits per heavy atom. The summed E-state index contributed by atoms with van der Waals surface area (Å²) >= 11 is 0. The van der Waals surface area contributed by atoms with Crippen LogP contribution in [0.25, 0.3) is 0 Å². The van der Waals surface area contributed by atoms with E-state index in [2.05, 4.69) is 6.58 Å². The first-order chi connectivity index (χ1) is 5.96. The van der Waals surface area contributed by atoms with Crippen LogP contribution < -0.4 is 5.14 Å². The first kappa shape index (κ1) is 10.0. The average molecular weight is 200 g/mol. The monoisotopic (exact) mass is 200 g/mol. The van der Waals surface area contributed by atoms with Gasteiger partial charge in [-0.05, 0) is 25.0 Å². The second-order valence-corrected chi connectivity index (χ2v) is 4.18. The summed E-state index contributed by atoms with van der Waals surface area (Å²) in [6, 6.07) is 1.72. The Morgan fingerprint density at radius 1 is 1.69 bits per heavy atom. The molecule has 1 aromatic rings. The van der Waals surface area contributed by atoms with Gasteiger partial charge in [-0.15, -0.1) is 6.58 Å². The fourth-order valence-electron chi connectivity index (χ4n) is 1.18. The van der Waals surface area contributed by atoms with E-state index in [1.54, 1.807) is 19.1 Å². The van der Waals surface area contributed by atoms with E-state index < -0.39 is 10.2 Å². The Kier molecular flexibility index (Phi) is 2.58. The van der Waals surface area contributed by atoms with Crippen molar-refractivity contribution in [2.75, 3.05) is 0 Å². The maximum atomic E-state index is 11.0. The number of allylic oxidation sites excluding steroid dienone is 1. The molecule has 0 saturated carbocycles. The summed E-state index contributed by atoms with van der Waals surface area (Å²) in [4.78, 5) is 0. The fraction of sp³-hybridized carbons (Fsp3) is 0.250. The Balaban J connectivity index is 3.21. The van der Waals surface area contributed by atoms with E-state index in [1.165, 1.54) is 6.20 Å². The van der Waals surface area contributed by atoms with Crippen LogP contribution >= 0.6 is 0 Å². The van der Waals surface area contributed by atoms with E-state index in [1.807, 2.05) is 0 Å². The summed E-state index contributed by atoms with van der Waals surface area (Å²) in [5.41, 5.74) is 1.56. The summed E-state index contributed by atoms with van der Waals surface area (Å²) in [5, 5.41) is 4.98. The number of nitrogens with two attached hydrogens (primary N) is 1. The molecule has 2 N–H and O–H groups in total. The maximum absolute atomic E-state index is 11.0. The molecule has 0 saturated heterocycles. The van der Waals surface area contributed by atoms with Crippen molar-refractivity contribution >= 4 is 10.2 Å². The Labute approximate surface area is 77.9 Å². The van der Waals surface area contributed by atoms with Crippen LogP contribution in [0.4, 0.5) is 0 Å². The van der Waals surface area contributed by atoms with Crippen LogP contribution in [0.3, 0.4) is 0 Å². The van der Waals surface area contributed by atoms with Gasteiger partial charge in [0.2, 0.25) is 0 Å². The number of rotatable bonds is 3. The molecule has 0 radical (unpaired) electrons. The van der Waals surface area contributed by atoms with Crippen molar-refractivity contribution in [2.24, 2.45) is 5.14 Å². The molecule has 0 aliphatic carbocycles. The highest BCUT2D eigenvalue weighted by Gasteiger charge is 2.10. The average Bonchev–Trinajstić information content (AvgIpc) is 2.32. The van der Waals surface area contributed by atoms with Gasteiger partial charge in [-0.2, -0.15) is 8.42 Å². The van der Waals surface area contributed by atoms with E-state index in [9.17, 15) is 8.42 Å². The SMILES string of the molecule is C=CCc1ccn(S(N)(=O)=O)c1C. The molecule has 0 fully saturated rings. The molecule has 72 valence electrons. The topological polar surface area (TPSA) is 65.1 Å². The molecule has 0 amide bonds. The van der Waals surface area contributed by atoms with Crippen LogP contribution in [0.1, 0.15) is 11.3 Å². The molecule has 0 bridgehead atoms. The minimum atomic E-state index is -3.65. The zero-order valence-corrected chi connectivity index (χ0v) is 8.21. The molecule has 1 heterocycles. The van der Waals surface area contributed by atoms with E-state index in [0.29, 0.717) is 12.1 Å². The number of hydrogen-bond donors (Lipinski definition) is 1. The molecule has 1 rings (SSSR count). The Hall–Kier alpha value is -1.07. The van der Waals surface area contributed by atoms with Gasteiger partial charge < -0.3 is 0 Å². The molecule has 0 aliphatic rings. The highest BCUT2D eigenvalue weighted by atomic mass is 32.2. The van der Waals surface area contributed by atoms with Crippen molar-refractivity contribution in [3.8, 4) is 0 Å². The summed E-state index contributed by atoms with van der Waals surface area (Å²) in [6.07, 6.45) is 3.81. The zero-order chi connectivity index (χ0) is 10.1. The molecule has 4 nitrogen and oxygen atoms in total. The third-order valence-corrected chi connectivity index (χ3v) is 2.79. The normalized spacial score (nSPS) is 11.5. The highest BCUT2D eigenvalue weighted by molar-refractivity contribution is 7.87. The Bertz CT molecular complexity index is 417. The van der Waals surface area contributed by atoms with Gasteiger partial charge in [0, 0.05) is 11.9 Å². The molecular weight excluding hydrogens is 188 g/mol. The molecule has 0 atom stereocenters. The molecule has 5 heteroatoms. The highest BCUT2D eigenvalue weighted by Crippen LogP contribution is 2.11. The van der Waals surface area contributed by atoms with E-state index in [-0.39, 0.29) is 0 Å². The molecule has 0 aliphatic heterocycles. The second kappa shape index (κ2) is 3.35. The van der Waals surface area contributed by atoms with Crippen molar-refractivity contribution in [3.63, 3.8) is 0 Å². The van der Waals surface area contributed by atoms with E-state index in [4.69, 9.17) is 5.14 Å². The minimum Gasteiger partial charge on any atom is -0.238 e. The summed E-state index contributed by atoms with van der Waals surface area (Å²) in [6.45, 7) is 5.29. The van der Waals surface area contributed by atoms with Gasteiger partial charge in [-0.1, -0.05) is 6.08 Å². The lowest BCUT2D eigenvalue weighted by Crippen LogP contribution is -2.22. The second-order valence-electron chi connectivity index (χ2n) is 2.76. The summed E-state index contributed by atoms with van der Waals surface area (Å²) in [5.74, 6) is 0. The number of aromatic nitrogens is 1. The summed E-state index contributed by atoms with van der Waals surface area (Å²) in [7, 11) is -3.65. The molecule has 1 aromatic heterocycles. The molecular formula is C8H12N2O2S. The van der Waals surface area contributed by atoms with Crippen molar-refractivity contribution in [1.82, 2.24) is 3.97 Å². The molecule has 0 spiro atoms. The minimum absolute atomic E-state index is 0.641.